The Morgan fingerprint density at radius 3 is 2.42 bits per heavy atom. The van der Waals surface area contributed by atoms with Crippen LogP contribution in [0.3, 0.4) is 0 Å². The maximum absolute atomic E-state index is 11.8. The summed E-state index contributed by atoms with van der Waals surface area (Å²) < 4.78 is 4.90. The number of nitrogens with one attached hydrogen (secondary N) is 1. The first kappa shape index (κ1) is 15.0. The molecule has 0 aliphatic rings. The third-order valence-electron chi connectivity index (χ3n) is 2.43. The highest BCUT2D eigenvalue weighted by Gasteiger charge is 2.16. The Bertz CT molecular complexity index is 418. The number of rotatable bonds is 6. The molecule has 0 spiro atoms. The number of ether oxygens (including phenoxy) is 1. The average molecular weight is 264 g/mol. The summed E-state index contributed by atoms with van der Waals surface area (Å²) in [5.74, 6) is -0.683. The molecule has 0 fully saturated rings. The highest BCUT2D eigenvalue weighted by molar-refractivity contribution is 5.82. The number of para-hydroxylation sites is 1. The lowest BCUT2D eigenvalue weighted by molar-refractivity contribution is -0.141. The fourth-order valence-electron chi connectivity index (χ4n) is 1.40. The highest BCUT2D eigenvalue weighted by Crippen LogP contribution is 2.11. The Hall–Kier alpha value is -2.04. The Labute approximate surface area is 113 Å². The Kier molecular flexibility index (Phi) is 5.85. The van der Waals surface area contributed by atoms with E-state index in [2.05, 4.69) is 5.43 Å². The summed E-state index contributed by atoms with van der Waals surface area (Å²) in [4.78, 5) is 23.3. The summed E-state index contributed by atoms with van der Waals surface area (Å²) >= 11 is 0. The first-order chi connectivity index (χ1) is 9.04. The predicted octanol–water partition coefficient (Wildman–Crippen LogP) is 1.74. The van der Waals surface area contributed by atoms with Gasteiger partial charge in [0.25, 0.3) is 0 Å². The molecule has 0 bridgehead atoms. The van der Waals surface area contributed by atoms with E-state index in [0.29, 0.717) is 6.61 Å². The lowest BCUT2D eigenvalue weighted by Crippen LogP contribution is -2.47. The largest absolute Gasteiger partial charge is 0.465 e. The monoisotopic (exact) mass is 264 g/mol. The van der Waals surface area contributed by atoms with Gasteiger partial charge in [-0.2, -0.15) is 0 Å². The first-order valence-corrected chi connectivity index (χ1v) is 6.33. The van der Waals surface area contributed by atoms with Crippen molar-refractivity contribution in [2.75, 3.05) is 18.2 Å². The SMILES string of the molecule is CCOC(=O)CN(NC(=O)C(C)C)c1ccccc1. The molecule has 5 heteroatoms. The highest BCUT2D eigenvalue weighted by atomic mass is 16.5. The molecule has 0 aliphatic carbocycles. The van der Waals surface area contributed by atoms with E-state index in [9.17, 15) is 9.59 Å². The van der Waals surface area contributed by atoms with E-state index in [0.717, 1.165) is 5.69 Å². The minimum atomic E-state index is -0.379. The van der Waals surface area contributed by atoms with Gasteiger partial charge in [-0.3, -0.25) is 20.0 Å². The van der Waals surface area contributed by atoms with E-state index < -0.39 is 0 Å². The molecule has 0 aromatic heterocycles. The number of esters is 1. The number of anilines is 1. The zero-order valence-corrected chi connectivity index (χ0v) is 11.6. The van der Waals surface area contributed by atoms with E-state index in [1.54, 1.807) is 20.8 Å². The fourth-order valence-corrected chi connectivity index (χ4v) is 1.40. The number of hydrogen-bond donors (Lipinski definition) is 1. The molecule has 0 atom stereocenters. The van der Waals surface area contributed by atoms with Crippen LogP contribution < -0.4 is 10.4 Å². The molecule has 1 amide bonds. The van der Waals surface area contributed by atoms with Crippen LogP contribution in [0.15, 0.2) is 30.3 Å². The molecule has 5 nitrogen and oxygen atoms in total. The number of carbonyl (C=O) groups excluding carboxylic acids is 2. The molecule has 0 saturated carbocycles. The van der Waals surface area contributed by atoms with Crippen molar-refractivity contribution in [3.05, 3.63) is 30.3 Å². The summed E-state index contributed by atoms with van der Waals surface area (Å²) in [5.41, 5.74) is 3.46. The zero-order valence-electron chi connectivity index (χ0n) is 11.6. The molecule has 19 heavy (non-hydrogen) atoms. The summed E-state index contributed by atoms with van der Waals surface area (Å²) in [6, 6.07) is 9.19. The van der Waals surface area contributed by atoms with E-state index in [1.807, 2.05) is 30.3 Å². The van der Waals surface area contributed by atoms with Crippen molar-refractivity contribution in [3.8, 4) is 0 Å². The van der Waals surface area contributed by atoms with Gasteiger partial charge in [0.05, 0.1) is 12.3 Å². The lowest BCUT2D eigenvalue weighted by atomic mass is 10.2. The second kappa shape index (κ2) is 7.41. The van der Waals surface area contributed by atoms with Gasteiger partial charge in [-0.25, -0.2) is 0 Å². The Balaban J connectivity index is 2.79. The third-order valence-corrected chi connectivity index (χ3v) is 2.43. The summed E-state index contributed by atoms with van der Waals surface area (Å²) in [6.07, 6.45) is 0. The first-order valence-electron chi connectivity index (χ1n) is 6.33. The van der Waals surface area contributed by atoms with Crippen LogP contribution in [0, 0.1) is 5.92 Å². The smallest absolute Gasteiger partial charge is 0.327 e. The molecule has 0 heterocycles. The molecule has 0 radical (unpaired) electrons. The number of nitrogens with zero attached hydrogens (tertiary/aromatic N) is 1. The molecule has 1 N–H and O–H groups in total. The second-order valence-electron chi connectivity index (χ2n) is 4.36. The predicted molar refractivity (Wildman–Crippen MR) is 73.4 cm³/mol. The second-order valence-corrected chi connectivity index (χ2v) is 4.36. The van der Waals surface area contributed by atoms with Crippen LogP contribution in [0.2, 0.25) is 0 Å². The van der Waals surface area contributed by atoms with Gasteiger partial charge in [-0.1, -0.05) is 32.0 Å². The van der Waals surface area contributed by atoms with Crippen LogP contribution in [0.1, 0.15) is 20.8 Å². The van der Waals surface area contributed by atoms with E-state index in [4.69, 9.17) is 4.74 Å². The molecule has 1 aromatic carbocycles. The van der Waals surface area contributed by atoms with Crippen LogP contribution >= 0.6 is 0 Å². The molecule has 0 unspecified atom stereocenters. The van der Waals surface area contributed by atoms with Crippen molar-refractivity contribution >= 4 is 17.6 Å². The number of hydrogen-bond acceptors (Lipinski definition) is 4. The van der Waals surface area contributed by atoms with Crippen molar-refractivity contribution in [2.45, 2.75) is 20.8 Å². The van der Waals surface area contributed by atoms with E-state index in [1.165, 1.54) is 5.01 Å². The average Bonchev–Trinajstić information content (AvgIpc) is 2.39. The normalized spacial score (nSPS) is 10.1. The van der Waals surface area contributed by atoms with Crippen LogP contribution in [-0.4, -0.2) is 25.0 Å². The van der Waals surface area contributed by atoms with Crippen molar-refractivity contribution in [1.82, 2.24) is 5.43 Å². The molecule has 1 aromatic rings. The van der Waals surface area contributed by atoms with Gasteiger partial charge in [0.2, 0.25) is 5.91 Å². The summed E-state index contributed by atoms with van der Waals surface area (Å²) in [5, 5.41) is 1.50. The van der Waals surface area contributed by atoms with Gasteiger partial charge >= 0.3 is 5.97 Å². The molecular formula is C14H20N2O3. The van der Waals surface area contributed by atoms with Crippen molar-refractivity contribution in [1.29, 1.82) is 0 Å². The van der Waals surface area contributed by atoms with Crippen LogP contribution in [-0.2, 0) is 14.3 Å². The van der Waals surface area contributed by atoms with E-state index >= 15 is 0 Å². The van der Waals surface area contributed by atoms with Crippen molar-refractivity contribution in [3.63, 3.8) is 0 Å². The summed E-state index contributed by atoms with van der Waals surface area (Å²) in [6.45, 7) is 5.64. The zero-order chi connectivity index (χ0) is 14.3. The van der Waals surface area contributed by atoms with E-state index in [-0.39, 0.29) is 24.3 Å². The van der Waals surface area contributed by atoms with Crippen LogP contribution in [0.5, 0.6) is 0 Å². The molecular weight excluding hydrogens is 244 g/mol. The third kappa shape index (κ3) is 4.99. The van der Waals surface area contributed by atoms with Crippen LogP contribution in [0.25, 0.3) is 0 Å². The molecule has 0 aliphatic heterocycles. The quantitative estimate of drug-likeness (QED) is 0.628. The van der Waals surface area contributed by atoms with Crippen molar-refractivity contribution < 1.29 is 14.3 Å². The number of carbonyl (C=O) groups is 2. The number of hydrazine groups is 1. The van der Waals surface area contributed by atoms with Gasteiger partial charge < -0.3 is 4.74 Å². The maximum Gasteiger partial charge on any atom is 0.327 e. The maximum atomic E-state index is 11.8. The topological polar surface area (TPSA) is 58.6 Å². The number of amides is 1. The Morgan fingerprint density at radius 1 is 1.26 bits per heavy atom. The van der Waals surface area contributed by atoms with Gasteiger partial charge in [-0.15, -0.1) is 0 Å². The molecule has 1 rings (SSSR count). The summed E-state index contributed by atoms with van der Waals surface area (Å²) in [7, 11) is 0. The lowest BCUT2D eigenvalue weighted by Gasteiger charge is -2.25. The molecule has 104 valence electrons. The van der Waals surface area contributed by atoms with Gasteiger partial charge in [0.1, 0.15) is 6.54 Å². The number of benzene rings is 1. The fraction of sp³-hybridized carbons (Fsp3) is 0.429. The minimum Gasteiger partial charge on any atom is -0.465 e. The standard InChI is InChI=1S/C14H20N2O3/c1-4-19-13(17)10-16(15-14(18)11(2)3)12-8-6-5-7-9-12/h5-9,11H,4,10H2,1-3H3,(H,15,18). The van der Waals surface area contributed by atoms with Crippen molar-refractivity contribution in [2.24, 2.45) is 5.92 Å². The van der Waals surface area contributed by atoms with Gasteiger partial charge in [-0.05, 0) is 19.1 Å². The molecule has 0 saturated heterocycles. The Morgan fingerprint density at radius 2 is 1.89 bits per heavy atom. The van der Waals surface area contributed by atoms with Crippen LogP contribution in [0.4, 0.5) is 5.69 Å². The van der Waals surface area contributed by atoms with Gasteiger partial charge in [0.15, 0.2) is 0 Å². The minimum absolute atomic E-state index is 0.0175. The van der Waals surface area contributed by atoms with Gasteiger partial charge in [0, 0.05) is 5.92 Å².